The average Bonchev–Trinajstić information content (AvgIpc) is 3.29. The first-order chi connectivity index (χ1) is 14.2. The number of hydrogen-bond donors (Lipinski definition) is 1. The Balaban J connectivity index is 0.00000320. The van der Waals surface area contributed by atoms with Gasteiger partial charge in [-0.25, -0.2) is 4.99 Å². The summed E-state index contributed by atoms with van der Waals surface area (Å²) in [6.45, 7) is 2.85. The molecule has 1 saturated heterocycles. The van der Waals surface area contributed by atoms with Crippen molar-refractivity contribution in [1.29, 1.82) is 0 Å². The number of nitrogens with one attached hydrogen (secondary N) is 1. The molecule has 0 bridgehead atoms. The highest BCUT2D eigenvalue weighted by molar-refractivity contribution is 14.0. The molecule has 7 nitrogen and oxygen atoms in total. The molecule has 30 heavy (non-hydrogen) atoms. The summed E-state index contributed by atoms with van der Waals surface area (Å²) in [7, 11) is 3.11. The van der Waals surface area contributed by atoms with Gasteiger partial charge in [-0.1, -0.05) is 12.1 Å². The van der Waals surface area contributed by atoms with Crippen LogP contribution in [0.5, 0.6) is 5.75 Å². The quantitative estimate of drug-likeness (QED) is 0.257. The number of furan rings is 1. The molecule has 2 heterocycles. The van der Waals surface area contributed by atoms with E-state index < -0.39 is 0 Å². The zero-order valence-corrected chi connectivity index (χ0v) is 19.8. The van der Waals surface area contributed by atoms with Crippen molar-refractivity contribution in [2.75, 3.05) is 33.9 Å². The smallest absolute Gasteiger partial charge is 0.308 e. The van der Waals surface area contributed by atoms with Crippen molar-refractivity contribution in [3.05, 3.63) is 54.0 Å². The van der Waals surface area contributed by atoms with Crippen molar-refractivity contribution in [2.24, 2.45) is 10.9 Å². The van der Waals surface area contributed by atoms with Crippen LogP contribution in [0.2, 0.25) is 0 Å². The lowest BCUT2D eigenvalue weighted by Crippen LogP contribution is -2.47. The lowest BCUT2D eigenvalue weighted by Gasteiger charge is -2.33. The number of esters is 1. The Bertz CT molecular complexity index is 785. The number of piperidine rings is 1. The van der Waals surface area contributed by atoms with E-state index in [9.17, 15) is 4.79 Å². The van der Waals surface area contributed by atoms with Crippen LogP contribution in [0.25, 0.3) is 0 Å². The van der Waals surface area contributed by atoms with Crippen LogP contribution in [0.3, 0.4) is 0 Å². The number of ether oxygens (including phenoxy) is 2. The number of rotatable bonds is 7. The number of nitrogens with zero attached hydrogens (tertiary/aromatic N) is 2. The van der Waals surface area contributed by atoms with Crippen molar-refractivity contribution in [1.82, 2.24) is 10.2 Å². The number of halogens is 1. The second-order valence-corrected chi connectivity index (χ2v) is 7.03. The molecule has 8 heteroatoms. The molecule has 164 valence electrons. The van der Waals surface area contributed by atoms with Crippen LogP contribution in [0.1, 0.15) is 24.2 Å². The fraction of sp³-hybridized carbons (Fsp3) is 0.455. The fourth-order valence-electron chi connectivity index (χ4n) is 3.41. The van der Waals surface area contributed by atoms with E-state index in [-0.39, 0.29) is 35.9 Å². The number of likely N-dealkylation sites (tertiary alicyclic amines) is 1. The van der Waals surface area contributed by atoms with E-state index in [1.165, 1.54) is 7.11 Å². The van der Waals surface area contributed by atoms with Crippen molar-refractivity contribution < 1.29 is 18.7 Å². The van der Waals surface area contributed by atoms with Gasteiger partial charge in [0.2, 0.25) is 0 Å². The summed E-state index contributed by atoms with van der Waals surface area (Å²) < 4.78 is 15.5. The molecule has 0 radical (unpaired) electrons. The van der Waals surface area contributed by atoms with E-state index >= 15 is 0 Å². The van der Waals surface area contributed by atoms with Crippen LogP contribution in [0, 0.1) is 5.92 Å². The Morgan fingerprint density at radius 3 is 2.53 bits per heavy atom. The van der Waals surface area contributed by atoms with E-state index in [2.05, 4.69) is 10.2 Å². The number of aliphatic imine (C=N–C) groups is 1. The first kappa shape index (κ1) is 24.0. The molecule has 2 aromatic rings. The van der Waals surface area contributed by atoms with Crippen molar-refractivity contribution >= 4 is 35.9 Å². The topological polar surface area (TPSA) is 76.3 Å². The van der Waals surface area contributed by atoms with Gasteiger partial charge in [-0.2, -0.15) is 0 Å². The Morgan fingerprint density at radius 1 is 1.20 bits per heavy atom. The van der Waals surface area contributed by atoms with Crippen LogP contribution >= 0.6 is 24.0 Å². The third-order valence-electron chi connectivity index (χ3n) is 5.13. The fourth-order valence-corrected chi connectivity index (χ4v) is 3.41. The van der Waals surface area contributed by atoms with Crippen LogP contribution in [-0.2, 0) is 22.5 Å². The first-order valence-electron chi connectivity index (χ1n) is 9.96. The van der Waals surface area contributed by atoms with Gasteiger partial charge in [0.05, 0.1) is 32.9 Å². The molecular formula is C22H30IN3O4. The Kier molecular flexibility index (Phi) is 9.99. The van der Waals surface area contributed by atoms with Crippen LogP contribution in [-0.4, -0.2) is 50.7 Å². The molecule has 0 unspecified atom stereocenters. The summed E-state index contributed by atoms with van der Waals surface area (Å²) >= 11 is 0. The molecule has 0 saturated carbocycles. The van der Waals surface area contributed by atoms with Crippen LogP contribution in [0.15, 0.2) is 52.1 Å². The van der Waals surface area contributed by atoms with Crippen molar-refractivity contribution in [2.45, 2.75) is 25.8 Å². The summed E-state index contributed by atoms with van der Waals surface area (Å²) in [5.74, 6) is 2.49. The highest BCUT2D eigenvalue weighted by Gasteiger charge is 2.27. The zero-order chi connectivity index (χ0) is 20.5. The molecule has 1 fully saturated rings. The number of methoxy groups -OCH3 is 2. The third kappa shape index (κ3) is 6.93. The summed E-state index contributed by atoms with van der Waals surface area (Å²) in [6, 6.07) is 11.8. The molecule has 0 amide bonds. The standard InChI is InChI=1S/C22H29N3O4.HI/c1-27-19-7-5-17(6-8-19)16-24-22(23-12-9-20-4-3-15-29-20)25-13-10-18(11-14-25)21(26)28-2;/h3-8,15,18H,9-14,16H2,1-2H3,(H,23,24);1H. The third-order valence-corrected chi connectivity index (χ3v) is 5.13. The van der Waals surface area contributed by atoms with Gasteiger partial charge in [0, 0.05) is 26.1 Å². The van der Waals surface area contributed by atoms with E-state index in [4.69, 9.17) is 18.9 Å². The maximum absolute atomic E-state index is 11.8. The van der Waals surface area contributed by atoms with Gasteiger partial charge in [0.25, 0.3) is 0 Å². The minimum absolute atomic E-state index is 0. The number of guanidine groups is 1. The van der Waals surface area contributed by atoms with Crippen LogP contribution < -0.4 is 10.1 Å². The van der Waals surface area contributed by atoms with Gasteiger partial charge in [-0.05, 0) is 42.7 Å². The molecule has 0 spiro atoms. The summed E-state index contributed by atoms with van der Waals surface area (Å²) in [5.41, 5.74) is 1.11. The van der Waals surface area contributed by atoms with Gasteiger partial charge in [-0.3, -0.25) is 4.79 Å². The average molecular weight is 527 g/mol. The largest absolute Gasteiger partial charge is 0.497 e. The predicted octanol–water partition coefficient (Wildman–Crippen LogP) is 3.48. The lowest BCUT2D eigenvalue weighted by atomic mass is 9.97. The monoisotopic (exact) mass is 527 g/mol. The molecule has 1 aliphatic heterocycles. The first-order valence-corrected chi connectivity index (χ1v) is 9.96. The highest BCUT2D eigenvalue weighted by Crippen LogP contribution is 2.19. The second-order valence-electron chi connectivity index (χ2n) is 7.03. The molecule has 1 aromatic heterocycles. The Hall–Kier alpha value is -2.23. The van der Waals surface area contributed by atoms with E-state index in [0.717, 1.165) is 61.9 Å². The number of carbonyl (C=O) groups excluding carboxylic acids is 1. The molecule has 0 atom stereocenters. The van der Waals surface area contributed by atoms with Gasteiger partial charge in [0.15, 0.2) is 5.96 Å². The predicted molar refractivity (Wildman–Crippen MR) is 126 cm³/mol. The maximum atomic E-state index is 11.8. The molecular weight excluding hydrogens is 497 g/mol. The summed E-state index contributed by atoms with van der Waals surface area (Å²) in [6.07, 6.45) is 4.01. The molecule has 3 rings (SSSR count). The molecule has 1 aromatic carbocycles. The van der Waals surface area contributed by atoms with Gasteiger partial charge in [0.1, 0.15) is 11.5 Å². The number of benzene rings is 1. The SMILES string of the molecule is COC(=O)C1CCN(C(=NCc2ccc(OC)cc2)NCCc2ccco2)CC1.I. The normalized spacial score (nSPS) is 14.7. The minimum Gasteiger partial charge on any atom is -0.497 e. The van der Waals surface area contributed by atoms with E-state index in [0.29, 0.717) is 6.54 Å². The van der Waals surface area contributed by atoms with Gasteiger partial charge < -0.3 is 24.1 Å². The van der Waals surface area contributed by atoms with Crippen LogP contribution in [0.4, 0.5) is 0 Å². The lowest BCUT2D eigenvalue weighted by molar-refractivity contribution is -0.146. The maximum Gasteiger partial charge on any atom is 0.308 e. The summed E-state index contributed by atoms with van der Waals surface area (Å²) in [4.78, 5) is 18.8. The van der Waals surface area contributed by atoms with Gasteiger partial charge in [-0.15, -0.1) is 24.0 Å². The van der Waals surface area contributed by atoms with E-state index in [1.807, 2.05) is 36.4 Å². The van der Waals surface area contributed by atoms with Gasteiger partial charge >= 0.3 is 5.97 Å². The van der Waals surface area contributed by atoms with E-state index in [1.54, 1.807) is 13.4 Å². The number of hydrogen-bond acceptors (Lipinski definition) is 5. The second kappa shape index (κ2) is 12.5. The minimum atomic E-state index is -0.118. The summed E-state index contributed by atoms with van der Waals surface area (Å²) in [5, 5.41) is 3.45. The Morgan fingerprint density at radius 2 is 1.93 bits per heavy atom. The molecule has 1 N–H and O–H groups in total. The molecule has 0 aliphatic carbocycles. The van der Waals surface area contributed by atoms with Crippen molar-refractivity contribution in [3.8, 4) is 5.75 Å². The highest BCUT2D eigenvalue weighted by atomic mass is 127. The number of carbonyl (C=O) groups is 1. The zero-order valence-electron chi connectivity index (χ0n) is 17.5. The Labute approximate surface area is 194 Å². The molecule has 1 aliphatic rings. The van der Waals surface area contributed by atoms with Crippen molar-refractivity contribution in [3.63, 3.8) is 0 Å².